The third-order valence-electron chi connectivity index (χ3n) is 3.54. The first kappa shape index (κ1) is 17.5. The van der Waals surface area contributed by atoms with Gasteiger partial charge >= 0.3 is 0 Å². The van der Waals surface area contributed by atoms with Crippen LogP contribution in [0.5, 0.6) is 5.75 Å². The molecule has 23 heavy (non-hydrogen) atoms. The van der Waals surface area contributed by atoms with Crippen LogP contribution in [0.25, 0.3) is 10.4 Å². The minimum absolute atomic E-state index is 0.0851. The van der Waals surface area contributed by atoms with Crippen molar-refractivity contribution in [2.24, 2.45) is 11.7 Å². The summed E-state index contributed by atoms with van der Waals surface area (Å²) >= 11 is 1.67. The molecule has 0 bridgehead atoms. The molecule has 0 aliphatic carbocycles. The van der Waals surface area contributed by atoms with E-state index in [0.717, 1.165) is 16.2 Å². The van der Waals surface area contributed by atoms with Crippen molar-refractivity contribution >= 4 is 17.2 Å². The summed E-state index contributed by atoms with van der Waals surface area (Å²) in [6.45, 7) is 4.65. The fourth-order valence-electron chi connectivity index (χ4n) is 2.30. The van der Waals surface area contributed by atoms with E-state index in [1.54, 1.807) is 18.4 Å². The monoisotopic (exact) mass is 332 g/mol. The standard InChI is InChI=1S/C18H24N2O2S/c1-12(2)10-16(19)18(21)20-11-15-8-9-17(23-15)13-4-6-14(22-3)7-5-13/h4-9,12,16H,10-11,19H2,1-3H3,(H,20,21)/t16-/m0/s1. The van der Waals surface area contributed by atoms with E-state index < -0.39 is 6.04 Å². The molecule has 0 unspecified atom stereocenters. The van der Waals surface area contributed by atoms with Gasteiger partial charge in [-0.2, -0.15) is 0 Å². The molecule has 0 saturated carbocycles. The zero-order valence-electron chi connectivity index (χ0n) is 13.8. The average Bonchev–Trinajstić information content (AvgIpc) is 3.01. The third kappa shape index (κ3) is 5.08. The highest BCUT2D eigenvalue weighted by Crippen LogP contribution is 2.29. The maximum absolute atomic E-state index is 12.0. The number of hydrogen-bond donors (Lipinski definition) is 2. The van der Waals surface area contributed by atoms with Gasteiger partial charge in [-0.05, 0) is 54.3 Å². The molecule has 1 atom stereocenters. The van der Waals surface area contributed by atoms with E-state index in [0.29, 0.717) is 18.9 Å². The van der Waals surface area contributed by atoms with Crippen molar-refractivity contribution in [1.29, 1.82) is 0 Å². The molecule has 0 spiro atoms. The van der Waals surface area contributed by atoms with E-state index in [-0.39, 0.29) is 5.91 Å². The highest BCUT2D eigenvalue weighted by atomic mass is 32.1. The summed E-state index contributed by atoms with van der Waals surface area (Å²) in [5, 5.41) is 2.91. The van der Waals surface area contributed by atoms with Crippen LogP contribution >= 0.6 is 11.3 Å². The first-order valence-electron chi connectivity index (χ1n) is 7.76. The molecule has 0 radical (unpaired) electrons. The van der Waals surface area contributed by atoms with Crippen LogP contribution in [0.1, 0.15) is 25.1 Å². The fraction of sp³-hybridized carbons (Fsp3) is 0.389. The molecule has 1 amide bonds. The second-order valence-electron chi connectivity index (χ2n) is 5.95. The molecule has 0 fully saturated rings. The molecular weight excluding hydrogens is 308 g/mol. The average molecular weight is 332 g/mol. The number of hydrogen-bond acceptors (Lipinski definition) is 4. The number of amides is 1. The van der Waals surface area contributed by atoms with Crippen LogP contribution in [0.2, 0.25) is 0 Å². The van der Waals surface area contributed by atoms with Crippen molar-refractivity contribution in [3.05, 3.63) is 41.3 Å². The largest absolute Gasteiger partial charge is 0.497 e. The zero-order chi connectivity index (χ0) is 16.8. The van der Waals surface area contributed by atoms with Gasteiger partial charge in [-0.25, -0.2) is 0 Å². The summed E-state index contributed by atoms with van der Waals surface area (Å²) in [6.07, 6.45) is 0.702. The van der Waals surface area contributed by atoms with Crippen LogP contribution in [0.15, 0.2) is 36.4 Å². The second-order valence-corrected chi connectivity index (χ2v) is 7.12. The number of ether oxygens (including phenoxy) is 1. The van der Waals surface area contributed by atoms with Gasteiger partial charge in [0.2, 0.25) is 5.91 Å². The van der Waals surface area contributed by atoms with Crippen LogP contribution in [0.3, 0.4) is 0 Å². The molecule has 0 aliphatic heterocycles. The fourth-order valence-corrected chi connectivity index (χ4v) is 3.26. The Kier molecular flexibility index (Phi) is 6.19. The van der Waals surface area contributed by atoms with Crippen LogP contribution in [-0.2, 0) is 11.3 Å². The lowest BCUT2D eigenvalue weighted by molar-refractivity contribution is -0.122. The third-order valence-corrected chi connectivity index (χ3v) is 4.67. The Bertz CT molecular complexity index is 635. The molecule has 2 aromatic rings. The molecule has 0 saturated heterocycles. The van der Waals surface area contributed by atoms with Crippen molar-refractivity contribution in [1.82, 2.24) is 5.32 Å². The maximum Gasteiger partial charge on any atom is 0.237 e. The minimum atomic E-state index is -0.434. The van der Waals surface area contributed by atoms with E-state index >= 15 is 0 Å². The number of thiophene rings is 1. The molecule has 2 rings (SSSR count). The SMILES string of the molecule is COc1ccc(-c2ccc(CNC(=O)[C@@H](N)CC(C)C)s2)cc1. The van der Waals surface area contributed by atoms with Gasteiger partial charge in [0, 0.05) is 9.75 Å². The van der Waals surface area contributed by atoms with Crippen LogP contribution in [0.4, 0.5) is 0 Å². The van der Waals surface area contributed by atoms with Gasteiger partial charge in [-0.15, -0.1) is 11.3 Å². The predicted octanol–water partition coefficient (Wildman–Crippen LogP) is 3.41. The lowest BCUT2D eigenvalue weighted by atomic mass is 10.0. The van der Waals surface area contributed by atoms with E-state index in [1.165, 1.54) is 4.88 Å². The Labute approximate surface area is 141 Å². The first-order chi connectivity index (χ1) is 11.0. The Hall–Kier alpha value is -1.85. The summed E-state index contributed by atoms with van der Waals surface area (Å²) < 4.78 is 5.17. The van der Waals surface area contributed by atoms with Crippen molar-refractivity contribution < 1.29 is 9.53 Å². The first-order valence-corrected chi connectivity index (χ1v) is 8.57. The molecule has 124 valence electrons. The number of benzene rings is 1. The van der Waals surface area contributed by atoms with Crippen molar-refractivity contribution in [2.75, 3.05) is 7.11 Å². The van der Waals surface area contributed by atoms with Crippen molar-refractivity contribution in [3.8, 4) is 16.2 Å². The van der Waals surface area contributed by atoms with E-state index in [9.17, 15) is 4.79 Å². The van der Waals surface area contributed by atoms with Gasteiger partial charge in [0.1, 0.15) is 5.75 Å². The lowest BCUT2D eigenvalue weighted by Gasteiger charge is -2.13. The summed E-state index contributed by atoms with van der Waals surface area (Å²) in [5.41, 5.74) is 7.03. The van der Waals surface area contributed by atoms with Crippen LogP contribution in [0, 0.1) is 5.92 Å². The smallest absolute Gasteiger partial charge is 0.237 e. The normalized spacial score (nSPS) is 12.2. The predicted molar refractivity (Wildman–Crippen MR) is 95.6 cm³/mol. The minimum Gasteiger partial charge on any atom is -0.497 e. The van der Waals surface area contributed by atoms with Crippen LogP contribution in [-0.4, -0.2) is 19.1 Å². The molecule has 0 aliphatic rings. The number of methoxy groups -OCH3 is 1. The molecule has 3 N–H and O–H groups in total. The summed E-state index contributed by atoms with van der Waals surface area (Å²) in [7, 11) is 1.66. The van der Waals surface area contributed by atoms with Gasteiger partial charge < -0.3 is 15.8 Å². The van der Waals surface area contributed by atoms with Gasteiger partial charge in [-0.3, -0.25) is 4.79 Å². The molecule has 4 nitrogen and oxygen atoms in total. The van der Waals surface area contributed by atoms with E-state index in [4.69, 9.17) is 10.5 Å². The number of rotatable bonds is 7. The number of carbonyl (C=O) groups is 1. The summed E-state index contributed by atoms with van der Waals surface area (Å²) in [6, 6.07) is 11.6. The Morgan fingerprint density at radius 3 is 2.52 bits per heavy atom. The molecule has 1 aromatic heterocycles. The second kappa shape index (κ2) is 8.13. The number of nitrogens with two attached hydrogens (primary N) is 1. The van der Waals surface area contributed by atoms with Gasteiger partial charge in [0.05, 0.1) is 19.7 Å². The Morgan fingerprint density at radius 2 is 1.91 bits per heavy atom. The van der Waals surface area contributed by atoms with E-state index in [1.807, 2.05) is 30.3 Å². The molecule has 1 heterocycles. The number of carbonyl (C=O) groups excluding carboxylic acids is 1. The highest BCUT2D eigenvalue weighted by Gasteiger charge is 2.14. The van der Waals surface area contributed by atoms with Gasteiger partial charge in [-0.1, -0.05) is 13.8 Å². The van der Waals surface area contributed by atoms with Gasteiger partial charge in [0.25, 0.3) is 0 Å². The zero-order valence-corrected chi connectivity index (χ0v) is 14.7. The van der Waals surface area contributed by atoms with Crippen LogP contribution < -0.4 is 15.8 Å². The number of nitrogens with one attached hydrogen (secondary N) is 1. The molecular formula is C18H24N2O2S. The highest BCUT2D eigenvalue weighted by molar-refractivity contribution is 7.15. The topological polar surface area (TPSA) is 64.3 Å². The molecule has 5 heteroatoms. The summed E-state index contributed by atoms with van der Waals surface area (Å²) in [5.74, 6) is 1.18. The van der Waals surface area contributed by atoms with Crippen molar-refractivity contribution in [2.45, 2.75) is 32.9 Å². The Morgan fingerprint density at radius 1 is 1.22 bits per heavy atom. The maximum atomic E-state index is 12.0. The van der Waals surface area contributed by atoms with E-state index in [2.05, 4.69) is 25.2 Å². The lowest BCUT2D eigenvalue weighted by Crippen LogP contribution is -2.40. The quantitative estimate of drug-likeness (QED) is 0.816. The van der Waals surface area contributed by atoms with Gasteiger partial charge in [0.15, 0.2) is 0 Å². The van der Waals surface area contributed by atoms with Crippen molar-refractivity contribution in [3.63, 3.8) is 0 Å². The summed E-state index contributed by atoms with van der Waals surface area (Å²) in [4.78, 5) is 14.2. The molecule has 1 aromatic carbocycles. The Balaban J connectivity index is 1.93.